The predicted octanol–water partition coefficient (Wildman–Crippen LogP) is 4.62. The number of benzene rings is 2. The number of rotatable bonds is 2. The monoisotopic (exact) mass is 376 g/mol. The molecule has 5 rings (SSSR count). The van der Waals surface area contributed by atoms with Gasteiger partial charge in [-0.15, -0.1) is 0 Å². The van der Waals surface area contributed by atoms with Crippen molar-refractivity contribution in [1.82, 2.24) is 14.8 Å². The average molecular weight is 376 g/mol. The van der Waals surface area contributed by atoms with Gasteiger partial charge in [0.25, 0.3) is 5.56 Å². The minimum Gasteiger partial charge on any atom is -0.363 e. The van der Waals surface area contributed by atoms with Crippen LogP contribution < -0.4 is 10.9 Å². The Morgan fingerprint density at radius 1 is 1.00 bits per heavy atom. The van der Waals surface area contributed by atoms with Crippen LogP contribution in [-0.2, 0) is 0 Å². The molecule has 0 spiro atoms. The minimum absolute atomic E-state index is 0.0440. The third-order valence-electron chi connectivity index (χ3n) is 5.78. The molecule has 1 aromatic heterocycles. The van der Waals surface area contributed by atoms with Crippen LogP contribution in [0.4, 0.5) is 10.1 Å². The van der Waals surface area contributed by atoms with E-state index in [-0.39, 0.29) is 17.7 Å². The van der Waals surface area contributed by atoms with Gasteiger partial charge in [0.1, 0.15) is 12.0 Å². The average Bonchev–Trinajstić information content (AvgIpc) is 2.74. The fourth-order valence-corrected chi connectivity index (χ4v) is 4.36. The van der Waals surface area contributed by atoms with Crippen LogP contribution in [-0.4, -0.2) is 14.8 Å². The minimum atomic E-state index is -0.392. The SMILES string of the molecule is O=c1nc2n(nc1-c1ccc(F)cc1)[C@H](C1CCCCC1)Nc1ccccc1-2. The summed E-state index contributed by atoms with van der Waals surface area (Å²) in [5.74, 6) is 0.685. The van der Waals surface area contributed by atoms with Gasteiger partial charge in [0.05, 0.1) is 0 Å². The lowest BCUT2D eigenvalue weighted by molar-refractivity contribution is 0.253. The van der Waals surface area contributed by atoms with E-state index in [1.54, 1.807) is 12.1 Å². The molecule has 3 aromatic rings. The number of hydrogen-bond donors (Lipinski definition) is 1. The van der Waals surface area contributed by atoms with E-state index in [4.69, 9.17) is 5.10 Å². The number of nitrogens with zero attached hydrogens (tertiary/aromatic N) is 3. The molecule has 28 heavy (non-hydrogen) atoms. The number of anilines is 1. The fourth-order valence-electron chi connectivity index (χ4n) is 4.36. The lowest BCUT2D eigenvalue weighted by Gasteiger charge is -2.37. The van der Waals surface area contributed by atoms with Crippen LogP contribution in [0.2, 0.25) is 0 Å². The van der Waals surface area contributed by atoms with Crippen LogP contribution in [0.3, 0.4) is 0 Å². The van der Waals surface area contributed by atoms with E-state index in [0.717, 1.165) is 24.1 Å². The molecular formula is C22H21FN4O. The lowest BCUT2D eigenvalue weighted by atomic mass is 9.86. The first-order chi connectivity index (χ1) is 13.7. The summed E-state index contributed by atoms with van der Waals surface area (Å²) in [6.07, 6.45) is 5.88. The van der Waals surface area contributed by atoms with Crippen LogP contribution in [0, 0.1) is 11.7 Å². The van der Waals surface area contributed by atoms with Crippen molar-refractivity contribution in [2.24, 2.45) is 5.92 Å². The summed E-state index contributed by atoms with van der Waals surface area (Å²) in [7, 11) is 0. The number of aromatic nitrogens is 3. The molecule has 0 amide bonds. The van der Waals surface area contributed by atoms with E-state index in [1.165, 1.54) is 31.4 Å². The number of para-hydroxylation sites is 1. The highest BCUT2D eigenvalue weighted by atomic mass is 19.1. The first-order valence-electron chi connectivity index (χ1n) is 9.83. The maximum Gasteiger partial charge on any atom is 0.300 e. The third kappa shape index (κ3) is 2.89. The Kier molecular flexibility index (Phi) is 4.19. The fraction of sp³-hybridized carbons (Fsp3) is 0.318. The second-order valence-electron chi connectivity index (χ2n) is 7.57. The summed E-state index contributed by atoms with van der Waals surface area (Å²) in [4.78, 5) is 17.2. The van der Waals surface area contributed by atoms with Crippen molar-refractivity contribution in [3.05, 3.63) is 64.7 Å². The Hall–Kier alpha value is -3.02. The molecule has 0 unspecified atom stereocenters. The summed E-state index contributed by atoms with van der Waals surface area (Å²) in [5, 5.41) is 8.35. The van der Waals surface area contributed by atoms with Gasteiger partial charge in [-0.2, -0.15) is 10.1 Å². The summed E-state index contributed by atoms with van der Waals surface area (Å²) in [5.41, 5.74) is 2.31. The summed E-state index contributed by atoms with van der Waals surface area (Å²) >= 11 is 0. The van der Waals surface area contributed by atoms with Crippen molar-refractivity contribution in [1.29, 1.82) is 0 Å². The second-order valence-corrected chi connectivity index (χ2v) is 7.57. The Labute approximate surface area is 162 Å². The van der Waals surface area contributed by atoms with Gasteiger partial charge in [-0.3, -0.25) is 4.79 Å². The molecule has 0 bridgehead atoms. The quantitative estimate of drug-likeness (QED) is 0.709. The smallest absolute Gasteiger partial charge is 0.300 e. The van der Waals surface area contributed by atoms with E-state index in [9.17, 15) is 9.18 Å². The highest BCUT2D eigenvalue weighted by Gasteiger charge is 2.32. The molecule has 1 aliphatic carbocycles. The first kappa shape index (κ1) is 17.1. The largest absolute Gasteiger partial charge is 0.363 e. The van der Waals surface area contributed by atoms with Crippen LogP contribution in [0.5, 0.6) is 0 Å². The van der Waals surface area contributed by atoms with Gasteiger partial charge in [-0.05, 0) is 55.2 Å². The summed E-state index contributed by atoms with van der Waals surface area (Å²) in [6.45, 7) is 0. The van der Waals surface area contributed by atoms with Crippen LogP contribution in [0.1, 0.15) is 38.3 Å². The van der Waals surface area contributed by atoms with Gasteiger partial charge in [0.2, 0.25) is 0 Å². The molecule has 0 radical (unpaired) electrons. The van der Waals surface area contributed by atoms with E-state index in [2.05, 4.69) is 10.3 Å². The maximum atomic E-state index is 13.3. The molecule has 1 atom stereocenters. The highest BCUT2D eigenvalue weighted by Crippen LogP contribution is 2.40. The molecular weight excluding hydrogens is 355 g/mol. The number of nitrogens with one attached hydrogen (secondary N) is 1. The molecule has 0 saturated heterocycles. The Morgan fingerprint density at radius 3 is 2.54 bits per heavy atom. The lowest BCUT2D eigenvalue weighted by Crippen LogP contribution is -2.36. The Balaban J connectivity index is 1.68. The predicted molar refractivity (Wildman–Crippen MR) is 106 cm³/mol. The zero-order chi connectivity index (χ0) is 19.1. The number of halogens is 1. The molecule has 1 N–H and O–H groups in total. The number of hydrogen-bond acceptors (Lipinski definition) is 4. The van der Waals surface area contributed by atoms with Gasteiger partial charge >= 0.3 is 0 Å². The third-order valence-corrected chi connectivity index (χ3v) is 5.78. The summed E-state index contributed by atoms with van der Waals surface area (Å²) < 4.78 is 15.2. The second kappa shape index (κ2) is 6.86. The zero-order valence-corrected chi connectivity index (χ0v) is 15.4. The molecule has 142 valence electrons. The number of fused-ring (bicyclic) bond motifs is 3. The Morgan fingerprint density at radius 2 is 1.75 bits per heavy atom. The first-order valence-corrected chi connectivity index (χ1v) is 9.83. The molecule has 1 saturated carbocycles. The zero-order valence-electron chi connectivity index (χ0n) is 15.4. The van der Waals surface area contributed by atoms with E-state index >= 15 is 0 Å². The van der Waals surface area contributed by atoms with Crippen molar-refractivity contribution in [2.75, 3.05) is 5.32 Å². The van der Waals surface area contributed by atoms with Crippen LogP contribution in [0.25, 0.3) is 22.6 Å². The van der Waals surface area contributed by atoms with Crippen LogP contribution >= 0.6 is 0 Å². The topological polar surface area (TPSA) is 59.8 Å². The molecule has 6 heteroatoms. The van der Waals surface area contributed by atoms with Crippen molar-refractivity contribution < 1.29 is 4.39 Å². The normalized spacial score (nSPS) is 18.8. The van der Waals surface area contributed by atoms with Gasteiger partial charge < -0.3 is 5.32 Å². The molecule has 1 aliphatic heterocycles. The molecule has 2 aromatic carbocycles. The van der Waals surface area contributed by atoms with Gasteiger partial charge in [0.15, 0.2) is 11.5 Å². The molecule has 2 heterocycles. The molecule has 5 nitrogen and oxygen atoms in total. The summed E-state index contributed by atoms with van der Waals surface area (Å²) in [6, 6.07) is 13.7. The molecule has 2 aliphatic rings. The van der Waals surface area contributed by atoms with Crippen molar-refractivity contribution in [3.63, 3.8) is 0 Å². The van der Waals surface area contributed by atoms with Crippen LogP contribution in [0.15, 0.2) is 53.3 Å². The highest BCUT2D eigenvalue weighted by molar-refractivity contribution is 5.76. The van der Waals surface area contributed by atoms with Gasteiger partial charge in [-0.1, -0.05) is 31.4 Å². The molecule has 1 fully saturated rings. The van der Waals surface area contributed by atoms with Crippen molar-refractivity contribution in [3.8, 4) is 22.6 Å². The Bertz CT molecular complexity index is 1070. The van der Waals surface area contributed by atoms with E-state index in [1.807, 2.05) is 28.9 Å². The standard InChI is InChI=1S/C22H21FN4O/c23-16-12-10-14(11-13-16)19-22(28)25-21-17-8-4-5-9-18(17)24-20(27(21)26-19)15-6-2-1-3-7-15/h4-5,8-13,15,20,24H,1-3,6-7H2/t20-/m1/s1. The van der Waals surface area contributed by atoms with E-state index < -0.39 is 5.56 Å². The maximum absolute atomic E-state index is 13.3. The van der Waals surface area contributed by atoms with E-state index in [0.29, 0.717) is 17.3 Å². The van der Waals surface area contributed by atoms with Crippen molar-refractivity contribution >= 4 is 5.69 Å². The van der Waals surface area contributed by atoms with Gasteiger partial charge in [-0.25, -0.2) is 9.07 Å². The van der Waals surface area contributed by atoms with Crippen molar-refractivity contribution in [2.45, 2.75) is 38.3 Å². The van der Waals surface area contributed by atoms with Gasteiger partial charge in [0, 0.05) is 16.8 Å².